The number of rotatable bonds is 4. The highest BCUT2D eigenvalue weighted by Crippen LogP contribution is 2.37. The molecule has 3 aliphatic rings. The van der Waals surface area contributed by atoms with E-state index in [-0.39, 0.29) is 5.91 Å². The summed E-state index contributed by atoms with van der Waals surface area (Å²) in [7, 11) is 2.22. The van der Waals surface area contributed by atoms with Gasteiger partial charge in [0.25, 0.3) is 0 Å². The Bertz CT molecular complexity index is 752. The molecule has 4 rings (SSSR count). The second kappa shape index (κ2) is 8.94. The molecule has 0 radical (unpaired) electrons. The third-order valence-electron chi connectivity index (χ3n) is 6.80. The Labute approximate surface area is 172 Å². The standard InChI is InChI=1S/C22H32N4OS/c1-25-12-9-19-16(15-25)6-5-11-26(19)13-10-21(27)24-22-18(14-23)17-7-3-2-4-8-20(17)28-22/h16,19H,2-13,15H2,1H3,(H,24,27). The molecule has 0 saturated carbocycles. The summed E-state index contributed by atoms with van der Waals surface area (Å²) in [5, 5.41) is 13.5. The van der Waals surface area contributed by atoms with Gasteiger partial charge in [0.05, 0.1) is 5.56 Å². The predicted octanol–water partition coefficient (Wildman–Crippen LogP) is 3.63. The van der Waals surface area contributed by atoms with Gasteiger partial charge in [-0.2, -0.15) is 5.26 Å². The summed E-state index contributed by atoms with van der Waals surface area (Å²) in [5.41, 5.74) is 1.93. The molecule has 1 amide bonds. The molecule has 2 saturated heterocycles. The Hall–Kier alpha value is -1.42. The van der Waals surface area contributed by atoms with E-state index in [4.69, 9.17) is 0 Å². The van der Waals surface area contributed by atoms with E-state index < -0.39 is 0 Å². The molecule has 1 N–H and O–H groups in total. The van der Waals surface area contributed by atoms with Crippen LogP contribution in [-0.2, 0) is 17.6 Å². The molecule has 1 aromatic heterocycles. The van der Waals surface area contributed by atoms with Crippen molar-refractivity contribution in [2.45, 2.75) is 63.8 Å². The van der Waals surface area contributed by atoms with Gasteiger partial charge in [-0.15, -0.1) is 11.3 Å². The van der Waals surface area contributed by atoms with Gasteiger partial charge in [-0.1, -0.05) is 6.42 Å². The number of nitriles is 1. The highest BCUT2D eigenvalue weighted by atomic mass is 32.1. The van der Waals surface area contributed by atoms with Crippen molar-refractivity contribution >= 4 is 22.2 Å². The average Bonchev–Trinajstić information content (AvgIpc) is 2.85. The number of thiophene rings is 1. The van der Waals surface area contributed by atoms with E-state index in [0.29, 0.717) is 12.5 Å². The summed E-state index contributed by atoms with van der Waals surface area (Å²) in [6, 6.07) is 3.01. The Balaban J connectivity index is 1.35. The fourth-order valence-electron chi connectivity index (χ4n) is 5.35. The number of aryl methyl sites for hydroxylation is 1. The van der Waals surface area contributed by atoms with E-state index in [0.717, 1.165) is 55.4 Å². The Morgan fingerprint density at radius 3 is 2.93 bits per heavy atom. The molecule has 28 heavy (non-hydrogen) atoms. The first-order chi connectivity index (χ1) is 13.7. The molecule has 6 heteroatoms. The summed E-state index contributed by atoms with van der Waals surface area (Å²) >= 11 is 1.63. The van der Waals surface area contributed by atoms with Gasteiger partial charge in [-0.3, -0.25) is 9.69 Å². The minimum atomic E-state index is 0.0583. The lowest BCUT2D eigenvalue weighted by Crippen LogP contribution is -2.53. The van der Waals surface area contributed by atoms with Gasteiger partial charge in [0, 0.05) is 30.4 Å². The van der Waals surface area contributed by atoms with Crippen LogP contribution in [-0.4, -0.2) is 55.0 Å². The number of nitrogens with one attached hydrogen (secondary N) is 1. The van der Waals surface area contributed by atoms with E-state index >= 15 is 0 Å². The Morgan fingerprint density at radius 2 is 2.07 bits per heavy atom. The van der Waals surface area contributed by atoms with Crippen LogP contribution in [0.5, 0.6) is 0 Å². The average molecular weight is 401 g/mol. The number of hydrogen-bond acceptors (Lipinski definition) is 5. The third kappa shape index (κ3) is 4.27. The highest BCUT2D eigenvalue weighted by Gasteiger charge is 2.34. The van der Waals surface area contributed by atoms with Crippen LogP contribution in [0.4, 0.5) is 5.00 Å². The van der Waals surface area contributed by atoms with Crippen LogP contribution in [0.2, 0.25) is 0 Å². The zero-order valence-electron chi connectivity index (χ0n) is 17.0. The first-order valence-corrected chi connectivity index (χ1v) is 11.7. The summed E-state index contributed by atoms with van der Waals surface area (Å²) < 4.78 is 0. The molecule has 0 bridgehead atoms. The number of piperidine rings is 2. The van der Waals surface area contributed by atoms with E-state index in [1.165, 1.54) is 49.1 Å². The molecule has 2 fully saturated rings. The summed E-state index contributed by atoms with van der Waals surface area (Å²) in [6.07, 6.45) is 9.92. The normalized spacial score (nSPS) is 26.0. The number of hydrogen-bond donors (Lipinski definition) is 1. The van der Waals surface area contributed by atoms with Gasteiger partial charge in [-0.05, 0) is 76.6 Å². The van der Waals surface area contributed by atoms with Crippen LogP contribution in [0.25, 0.3) is 0 Å². The van der Waals surface area contributed by atoms with Crippen molar-refractivity contribution in [3.8, 4) is 6.07 Å². The monoisotopic (exact) mass is 400 g/mol. The minimum absolute atomic E-state index is 0.0583. The van der Waals surface area contributed by atoms with Crippen molar-refractivity contribution in [1.29, 1.82) is 5.26 Å². The van der Waals surface area contributed by atoms with Gasteiger partial charge < -0.3 is 10.2 Å². The van der Waals surface area contributed by atoms with E-state index in [1.807, 2.05) is 0 Å². The SMILES string of the molecule is CN1CCC2C(CCCN2CCC(=O)Nc2sc3c(c2C#N)CCCCC3)C1. The van der Waals surface area contributed by atoms with Crippen LogP contribution >= 0.6 is 11.3 Å². The van der Waals surface area contributed by atoms with Crippen LogP contribution < -0.4 is 5.32 Å². The second-order valence-electron chi connectivity index (χ2n) is 8.74. The van der Waals surface area contributed by atoms with Crippen LogP contribution in [0.1, 0.15) is 60.9 Å². The van der Waals surface area contributed by atoms with Gasteiger partial charge in [0.1, 0.15) is 11.1 Å². The molecule has 2 unspecified atom stereocenters. The van der Waals surface area contributed by atoms with Crippen molar-refractivity contribution in [2.24, 2.45) is 5.92 Å². The van der Waals surface area contributed by atoms with E-state index in [2.05, 4.69) is 28.2 Å². The van der Waals surface area contributed by atoms with Gasteiger partial charge in [-0.25, -0.2) is 0 Å². The number of anilines is 1. The highest BCUT2D eigenvalue weighted by molar-refractivity contribution is 7.16. The maximum absolute atomic E-state index is 12.7. The lowest BCUT2D eigenvalue weighted by atomic mass is 9.84. The molecule has 2 aliphatic heterocycles. The maximum atomic E-state index is 12.7. The molecule has 3 heterocycles. The third-order valence-corrected chi connectivity index (χ3v) is 8.01. The largest absolute Gasteiger partial charge is 0.317 e. The fourth-order valence-corrected chi connectivity index (χ4v) is 6.61. The molecular formula is C22H32N4OS. The predicted molar refractivity (Wildman–Crippen MR) is 114 cm³/mol. The number of fused-ring (bicyclic) bond motifs is 2. The summed E-state index contributed by atoms with van der Waals surface area (Å²) in [4.78, 5) is 19.0. The summed E-state index contributed by atoms with van der Waals surface area (Å²) in [5.74, 6) is 0.816. The Morgan fingerprint density at radius 1 is 1.21 bits per heavy atom. The van der Waals surface area contributed by atoms with Crippen LogP contribution in [0.3, 0.4) is 0 Å². The first-order valence-electron chi connectivity index (χ1n) is 10.9. The molecule has 5 nitrogen and oxygen atoms in total. The van der Waals surface area contributed by atoms with Crippen molar-refractivity contribution in [1.82, 2.24) is 9.80 Å². The first kappa shape index (κ1) is 19.9. The Kier molecular flexibility index (Phi) is 6.35. The molecule has 1 aromatic rings. The van der Waals surface area contributed by atoms with Crippen LogP contribution in [0, 0.1) is 17.2 Å². The number of amides is 1. The number of likely N-dealkylation sites (tertiary alicyclic amines) is 2. The minimum Gasteiger partial charge on any atom is -0.317 e. The van der Waals surface area contributed by atoms with Crippen molar-refractivity contribution in [2.75, 3.05) is 38.5 Å². The quantitative estimate of drug-likeness (QED) is 0.784. The number of carbonyl (C=O) groups is 1. The zero-order chi connectivity index (χ0) is 19.5. The van der Waals surface area contributed by atoms with Gasteiger partial charge in [0.15, 0.2) is 0 Å². The summed E-state index contributed by atoms with van der Waals surface area (Å²) in [6.45, 7) is 4.31. The zero-order valence-corrected chi connectivity index (χ0v) is 17.8. The van der Waals surface area contributed by atoms with Crippen molar-refractivity contribution in [3.05, 3.63) is 16.0 Å². The van der Waals surface area contributed by atoms with Crippen LogP contribution in [0.15, 0.2) is 0 Å². The van der Waals surface area contributed by atoms with Gasteiger partial charge in [0.2, 0.25) is 5.91 Å². The molecular weight excluding hydrogens is 368 g/mol. The molecule has 0 aromatic carbocycles. The lowest BCUT2D eigenvalue weighted by Gasteiger charge is -2.46. The van der Waals surface area contributed by atoms with Gasteiger partial charge >= 0.3 is 0 Å². The molecule has 152 valence electrons. The second-order valence-corrected chi connectivity index (χ2v) is 9.84. The molecule has 0 spiro atoms. The smallest absolute Gasteiger partial charge is 0.226 e. The van der Waals surface area contributed by atoms with E-state index in [1.54, 1.807) is 11.3 Å². The van der Waals surface area contributed by atoms with Crippen molar-refractivity contribution in [3.63, 3.8) is 0 Å². The molecule has 2 atom stereocenters. The maximum Gasteiger partial charge on any atom is 0.226 e. The lowest BCUT2D eigenvalue weighted by molar-refractivity contribution is -0.116. The number of carbonyl (C=O) groups excluding carboxylic acids is 1. The topological polar surface area (TPSA) is 59.4 Å². The number of nitrogens with zero attached hydrogens (tertiary/aromatic N) is 3. The van der Waals surface area contributed by atoms with E-state index in [9.17, 15) is 10.1 Å². The van der Waals surface area contributed by atoms with Crippen molar-refractivity contribution < 1.29 is 4.79 Å². The molecule has 1 aliphatic carbocycles. The fraction of sp³-hybridized carbons (Fsp3) is 0.727.